The van der Waals surface area contributed by atoms with Gasteiger partial charge in [0.25, 0.3) is 11.7 Å². The second-order valence-corrected chi connectivity index (χ2v) is 18.5. The van der Waals surface area contributed by atoms with Crippen molar-refractivity contribution in [1.29, 1.82) is 0 Å². The van der Waals surface area contributed by atoms with E-state index in [1.54, 1.807) is 23.7 Å². The largest absolute Gasteiger partial charge is 0.460 e. The lowest BCUT2D eigenvalue weighted by atomic mass is 10.0. The number of benzene rings is 3. The third kappa shape index (κ3) is 10.4. The molecule has 2 N–H and O–H groups in total. The number of furan rings is 1. The summed E-state index contributed by atoms with van der Waals surface area (Å²) in [5.41, 5.74) is 2.95. The van der Waals surface area contributed by atoms with Crippen LogP contribution in [0.15, 0.2) is 119 Å². The molecule has 0 aliphatic carbocycles. The second-order valence-electron chi connectivity index (χ2n) is 18.5. The molecule has 73 heavy (non-hydrogen) atoms. The Labute approximate surface area is 418 Å². The zero-order valence-electron chi connectivity index (χ0n) is 40.6. The number of anilines is 3. The van der Waals surface area contributed by atoms with Gasteiger partial charge in [-0.05, 0) is 69.3 Å². The Morgan fingerprint density at radius 1 is 0.671 bits per heavy atom. The molecule has 3 fully saturated rings. The Balaban J connectivity index is 0.000000137. The van der Waals surface area contributed by atoms with Gasteiger partial charge in [-0.1, -0.05) is 29.4 Å². The lowest BCUT2D eigenvalue weighted by Crippen LogP contribution is -2.51. The Kier molecular flexibility index (Phi) is 13.8. The van der Waals surface area contributed by atoms with E-state index in [1.807, 2.05) is 75.4 Å². The van der Waals surface area contributed by atoms with E-state index in [2.05, 4.69) is 66.1 Å². The molecule has 6 aromatic heterocycles. The number of ether oxygens (including phenoxy) is 1. The highest BCUT2D eigenvalue weighted by Gasteiger charge is 2.31. The molecule has 0 unspecified atom stereocenters. The lowest BCUT2D eigenvalue weighted by molar-refractivity contribution is -0.126. The summed E-state index contributed by atoms with van der Waals surface area (Å²) in [6.07, 6.45) is 8.89. The number of aromatic amines is 1. The molecule has 9 heterocycles. The highest BCUT2D eigenvalue weighted by atomic mass is 19.1. The number of carbonyl (C=O) groups excluding carboxylic acids is 3. The third-order valence-corrected chi connectivity index (χ3v) is 12.7. The molecule has 0 radical (unpaired) electrons. The van der Waals surface area contributed by atoms with Crippen molar-refractivity contribution < 1.29 is 32.5 Å². The van der Waals surface area contributed by atoms with Gasteiger partial charge in [-0.2, -0.15) is 4.98 Å². The maximum Gasteiger partial charge on any atom is 0.410 e. The first kappa shape index (κ1) is 48.1. The topological polar surface area (TPSA) is 221 Å². The number of rotatable bonds is 6. The zero-order chi connectivity index (χ0) is 50.5. The Morgan fingerprint density at radius 2 is 1.29 bits per heavy atom. The molecule has 3 saturated heterocycles. The Morgan fingerprint density at radius 3 is 1.92 bits per heavy atom. The molecule has 21 heteroatoms. The SMILES string of the molecule is CC(C)(C)OC(=O)N1CCN(c2nccc3ccoc23)CC1.O=C(C(=O)N1CCN(c2ncnc3ccccc23)CC1)c1c[nH]c2c(-c3ncon3)ccc(F)c12.c1ccc2c(N3CCNCC3)ncnc2c1. The number of hydrogen-bond donors (Lipinski definition) is 2. The quantitative estimate of drug-likeness (QED) is 0.130. The molecule has 0 bridgehead atoms. The van der Waals surface area contributed by atoms with Crippen molar-refractivity contribution >= 4 is 78.9 Å². The Bertz CT molecular complexity index is 3380. The molecule has 0 saturated carbocycles. The molecular formula is C52H53FN14O6. The van der Waals surface area contributed by atoms with Crippen LogP contribution in [0.3, 0.4) is 0 Å². The van der Waals surface area contributed by atoms with E-state index in [-0.39, 0.29) is 22.9 Å². The summed E-state index contributed by atoms with van der Waals surface area (Å²) in [6, 6.07) is 22.5. The van der Waals surface area contributed by atoms with Crippen molar-refractivity contribution in [3.8, 4) is 11.4 Å². The molecule has 0 spiro atoms. The van der Waals surface area contributed by atoms with Crippen molar-refractivity contribution in [3.05, 3.63) is 122 Å². The average molecular weight is 989 g/mol. The Hall–Kier alpha value is -8.59. The van der Waals surface area contributed by atoms with Crippen LogP contribution in [0.4, 0.5) is 26.6 Å². The number of ketones is 1. The molecule has 374 valence electrons. The normalized spacial score (nSPS) is 15.3. The lowest BCUT2D eigenvalue weighted by Gasteiger charge is -2.36. The van der Waals surface area contributed by atoms with Crippen LogP contribution in [0.5, 0.6) is 0 Å². The van der Waals surface area contributed by atoms with Crippen molar-refractivity contribution in [3.63, 3.8) is 0 Å². The molecule has 20 nitrogen and oxygen atoms in total. The smallest absolute Gasteiger partial charge is 0.410 e. The number of para-hydroxylation sites is 2. The van der Waals surface area contributed by atoms with Crippen LogP contribution in [0.1, 0.15) is 31.1 Å². The average Bonchev–Trinajstić information content (AvgIpc) is 4.24. The zero-order valence-corrected chi connectivity index (χ0v) is 40.6. The molecule has 9 aromatic rings. The molecular weight excluding hydrogens is 936 g/mol. The number of fused-ring (bicyclic) bond motifs is 4. The predicted molar refractivity (Wildman–Crippen MR) is 273 cm³/mol. The van der Waals surface area contributed by atoms with Crippen molar-refractivity contribution in [2.75, 3.05) is 93.2 Å². The number of nitrogens with zero attached hydrogens (tertiary/aromatic N) is 12. The van der Waals surface area contributed by atoms with Crippen LogP contribution in [0.2, 0.25) is 0 Å². The maximum atomic E-state index is 14.8. The van der Waals surface area contributed by atoms with Crippen LogP contribution in [-0.4, -0.2) is 152 Å². The van der Waals surface area contributed by atoms with Gasteiger partial charge >= 0.3 is 6.09 Å². The van der Waals surface area contributed by atoms with E-state index in [4.69, 9.17) is 13.7 Å². The van der Waals surface area contributed by atoms with Crippen LogP contribution >= 0.6 is 0 Å². The van der Waals surface area contributed by atoms with Gasteiger partial charge in [0.15, 0.2) is 11.4 Å². The summed E-state index contributed by atoms with van der Waals surface area (Å²) in [5.74, 6) is 0.865. The van der Waals surface area contributed by atoms with Crippen LogP contribution in [-0.2, 0) is 9.53 Å². The number of hydrogen-bond acceptors (Lipinski definition) is 17. The first-order chi connectivity index (χ1) is 35.5. The first-order valence-corrected chi connectivity index (χ1v) is 24.1. The van der Waals surface area contributed by atoms with Crippen molar-refractivity contribution in [2.45, 2.75) is 26.4 Å². The molecule has 3 aliphatic heterocycles. The summed E-state index contributed by atoms with van der Waals surface area (Å²) < 4.78 is 30.5. The first-order valence-electron chi connectivity index (χ1n) is 24.1. The third-order valence-electron chi connectivity index (χ3n) is 12.7. The summed E-state index contributed by atoms with van der Waals surface area (Å²) in [5, 5.41) is 10.3. The van der Waals surface area contributed by atoms with Gasteiger partial charge < -0.3 is 48.5 Å². The minimum atomic E-state index is -0.777. The van der Waals surface area contributed by atoms with Gasteiger partial charge in [0.1, 0.15) is 35.7 Å². The summed E-state index contributed by atoms with van der Waals surface area (Å²) in [4.78, 5) is 76.8. The fraction of sp³-hybridized carbons (Fsp3) is 0.308. The standard InChI is InChI=1S/C24H18FN7O3.C16H21N3O3.C12H14N4/c25-17-6-5-15(22-29-13-35-30-22)20-19(17)16(11-26-20)21(33)24(34)32-9-7-31(8-10-32)23-14-3-1-2-4-18(14)27-12-28-23;1-16(2,3)22-15(20)19-9-7-18(8-10-19)14-13-12(4-6-17-14)5-11-21-13;1-2-4-11-10(3-1)12(15-9-14-11)16-7-5-13-6-8-16/h1-6,11-13,26H,7-10H2;4-6,11H,7-10H2,1-3H3;1-4,9,13H,5-8H2. The van der Waals surface area contributed by atoms with E-state index in [9.17, 15) is 18.8 Å². The van der Waals surface area contributed by atoms with E-state index < -0.39 is 23.1 Å². The summed E-state index contributed by atoms with van der Waals surface area (Å²) in [7, 11) is 0. The monoisotopic (exact) mass is 988 g/mol. The highest BCUT2D eigenvalue weighted by molar-refractivity contribution is 6.45. The second kappa shape index (κ2) is 21.0. The molecule has 12 rings (SSSR count). The van der Waals surface area contributed by atoms with Crippen molar-refractivity contribution in [2.24, 2.45) is 0 Å². The predicted octanol–water partition coefficient (Wildman–Crippen LogP) is 6.76. The summed E-state index contributed by atoms with van der Waals surface area (Å²) >= 11 is 0. The van der Waals surface area contributed by atoms with E-state index >= 15 is 0 Å². The van der Waals surface area contributed by atoms with Gasteiger partial charge in [0.2, 0.25) is 12.2 Å². The molecule has 2 amide bonds. The van der Waals surface area contributed by atoms with Gasteiger partial charge in [-0.3, -0.25) is 9.59 Å². The fourth-order valence-corrected chi connectivity index (χ4v) is 9.14. The van der Waals surface area contributed by atoms with E-state index in [1.165, 1.54) is 29.6 Å². The van der Waals surface area contributed by atoms with Crippen molar-refractivity contribution in [1.82, 2.24) is 55.2 Å². The van der Waals surface area contributed by atoms with Gasteiger partial charge in [-0.15, -0.1) is 0 Å². The van der Waals surface area contributed by atoms with E-state index in [0.717, 1.165) is 82.8 Å². The number of piperazine rings is 3. The number of pyridine rings is 1. The van der Waals surface area contributed by atoms with Crippen LogP contribution in [0, 0.1) is 5.82 Å². The van der Waals surface area contributed by atoms with Gasteiger partial charge in [0, 0.05) is 118 Å². The number of carbonyl (C=O) groups is 3. The van der Waals surface area contributed by atoms with E-state index in [0.29, 0.717) is 63.4 Å². The minimum absolute atomic E-state index is 0.0248. The number of nitrogens with one attached hydrogen (secondary N) is 2. The highest BCUT2D eigenvalue weighted by Crippen LogP contribution is 2.32. The minimum Gasteiger partial charge on any atom is -0.460 e. The maximum absolute atomic E-state index is 14.8. The number of Topliss-reactive ketones (excluding diaryl/α,β-unsaturated/α-hetero) is 1. The van der Waals surface area contributed by atoms with Gasteiger partial charge in [-0.25, -0.2) is 34.1 Å². The van der Waals surface area contributed by atoms with Crippen LogP contribution in [0.25, 0.3) is 55.1 Å². The number of H-pyrrole nitrogens is 1. The number of halogens is 1. The number of amides is 2. The number of aromatic nitrogens is 8. The fourth-order valence-electron chi connectivity index (χ4n) is 9.14. The van der Waals surface area contributed by atoms with Gasteiger partial charge in [0.05, 0.1) is 28.4 Å². The molecule has 3 aliphatic rings. The molecule has 3 aromatic carbocycles. The van der Waals surface area contributed by atoms with Crippen LogP contribution < -0.4 is 20.0 Å². The summed E-state index contributed by atoms with van der Waals surface area (Å²) in [6.45, 7) is 14.1. The molecule has 0 atom stereocenters.